The number of hydrogen-bond donors (Lipinski definition) is 1. The lowest BCUT2D eigenvalue weighted by Gasteiger charge is -2.12. The van der Waals surface area contributed by atoms with Crippen LogP contribution in [0.4, 0.5) is 4.39 Å². The number of aliphatic hydroxyl groups excluding tert-OH is 1. The van der Waals surface area contributed by atoms with E-state index in [1.807, 2.05) is 6.07 Å². The molecule has 1 aromatic heterocycles. The molecule has 0 aliphatic rings. The Labute approximate surface area is 105 Å². The monoisotopic (exact) mass is 248 g/mol. The fourth-order valence-electron chi connectivity index (χ4n) is 1.87. The van der Waals surface area contributed by atoms with Crippen molar-refractivity contribution in [3.8, 4) is 5.88 Å². The van der Waals surface area contributed by atoms with Gasteiger partial charge in [0.25, 0.3) is 0 Å². The molecule has 0 saturated heterocycles. The smallest absolute Gasteiger partial charge is 0.213 e. The van der Waals surface area contributed by atoms with Crippen molar-refractivity contribution in [3.63, 3.8) is 0 Å². The molecule has 0 aliphatic heterocycles. The molecule has 1 atom stereocenters. The number of hydrogen-bond acceptors (Lipinski definition) is 3. The van der Waals surface area contributed by atoms with E-state index in [9.17, 15) is 4.39 Å². The van der Waals surface area contributed by atoms with Gasteiger partial charge in [-0.25, -0.2) is 9.37 Å². The maximum Gasteiger partial charge on any atom is 0.213 e. The molecule has 0 spiro atoms. The maximum atomic E-state index is 13.9. The van der Waals surface area contributed by atoms with Crippen molar-refractivity contribution in [2.75, 3.05) is 13.7 Å². The molecule has 0 bridgehead atoms. The average Bonchev–Trinajstić information content (AvgIpc) is 2.41. The van der Waals surface area contributed by atoms with Crippen LogP contribution in [0.5, 0.6) is 5.88 Å². The molecule has 1 radical (unpaired) electrons. The Hall–Kier alpha value is -1.68. The Kier molecular flexibility index (Phi) is 3.77. The molecule has 2 aromatic rings. The minimum Gasteiger partial charge on any atom is -0.481 e. The highest BCUT2D eigenvalue weighted by molar-refractivity contribution is 5.82. The van der Waals surface area contributed by atoms with E-state index in [1.165, 1.54) is 13.2 Å². The van der Waals surface area contributed by atoms with Crippen LogP contribution in [0.15, 0.2) is 24.3 Å². The van der Waals surface area contributed by atoms with Gasteiger partial charge in [0.15, 0.2) is 0 Å². The molecule has 4 heteroatoms. The Bertz CT molecular complexity index is 557. The van der Waals surface area contributed by atoms with E-state index in [0.717, 1.165) is 5.39 Å². The van der Waals surface area contributed by atoms with Gasteiger partial charge < -0.3 is 9.84 Å². The SMILES string of the molecule is [CH2]C(CO)Cc1c(F)ccc2ccc(OC)nc12. The fraction of sp³-hybridized carbons (Fsp3) is 0.286. The molecule has 18 heavy (non-hydrogen) atoms. The van der Waals surface area contributed by atoms with E-state index in [4.69, 9.17) is 9.84 Å². The van der Waals surface area contributed by atoms with Gasteiger partial charge in [-0.3, -0.25) is 0 Å². The van der Waals surface area contributed by atoms with E-state index >= 15 is 0 Å². The molecule has 0 amide bonds. The molecule has 0 fully saturated rings. The normalized spacial score (nSPS) is 12.7. The van der Waals surface area contributed by atoms with Gasteiger partial charge in [-0.2, -0.15) is 0 Å². The lowest BCUT2D eigenvalue weighted by molar-refractivity contribution is 0.250. The van der Waals surface area contributed by atoms with Gasteiger partial charge in [-0.15, -0.1) is 0 Å². The molecule has 1 aromatic carbocycles. The Morgan fingerprint density at radius 2 is 2.11 bits per heavy atom. The fourth-order valence-corrected chi connectivity index (χ4v) is 1.87. The molecule has 1 N–H and O–H groups in total. The highest BCUT2D eigenvalue weighted by Crippen LogP contribution is 2.24. The molecule has 0 aliphatic carbocycles. The zero-order chi connectivity index (χ0) is 13.1. The van der Waals surface area contributed by atoms with Gasteiger partial charge in [0.05, 0.1) is 12.6 Å². The van der Waals surface area contributed by atoms with Crippen LogP contribution in [0.1, 0.15) is 5.56 Å². The zero-order valence-electron chi connectivity index (χ0n) is 10.2. The summed E-state index contributed by atoms with van der Waals surface area (Å²) in [6.45, 7) is 3.68. The lowest BCUT2D eigenvalue weighted by Crippen LogP contribution is -2.07. The summed E-state index contributed by atoms with van der Waals surface area (Å²) in [5, 5.41) is 9.87. The predicted molar refractivity (Wildman–Crippen MR) is 67.9 cm³/mol. The van der Waals surface area contributed by atoms with Crippen LogP contribution >= 0.6 is 0 Å². The summed E-state index contributed by atoms with van der Waals surface area (Å²) >= 11 is 0. The highest BCUT2D eigenvalue weighted by Gasteiger charge is 2.13. The van der Waals surface area contributed by atoms with Gasteiger partial charge >= 0.3 is 0 Å². The third kappa shape index (κ3) is 2.43. The summed E-state index contributed by atoms with van der Waals surface area (Å²) < 4.78 is 18.9. The molecule has 95 valence electrons. The number of fused-ring (bicyclic) bond motifs is 1. The Morgan fingerprint density at radius 3 is 2.78 bits per heavy atom. The van der Waals surface area contributed by atoms with Crippen molar-refractivity contribution >= 4 is 10.9 Å². The summed E-state index contributed by atoms with van der Waals surface area (Å²) in [6, 6.07) is 6.66. The third-order valence-electron chi connectivity index (χ3n) is 2.84. The zero-order valence-corrected chi connectivity index (χ0v) is 10.2. The Morgan fingerprint density at radius 1 is 1.39 bits per heavy atom. The first-order valence-electron chi connectivity index (χ1n) is 5.71. The van der Waals surface area contributed by atoms with E-state index in [2.05, 4.69) is 11.9 Å². The summed E-state index contributed by atoms with van der Waals surface area (Å²) in [7, 11) is 1.52. The number of aromatic nitrogens is 1. The molecular weight excluding hydrogens is 233 g/mol. The Balaban J connectivity index is 2.56. The van der Waals surface area contributed by atoms with Gasteiger partial charge in [0.2, 0.25) is 5.88 Å². The first-order valence-corrected chi connectivity index (χ1v) is 5.71. The molecule has 2 rings (SSSR count). The maximum absolute atomic E-state index is 13.9. The van der Waals surface area contributed by atoms with Crippen molar-refractivity contribution < 1.29 is 14.2 Å². The second-order valence-electron chi connectivity index (χ2n) is 4.20. The van der Waals surface area contributed by atoms with Crippen molar-refractivity contribution in [3.05, 3.63) is 42.6 Å². The first kappa shape index (κ1) is 12.8. The number of nitrogens with zero attached hydrogens (tertiary/aromatic N) is 1. The van der Waals surface area contributed by atoms with Crippen LogP contribution in [-0.2, 0) is 6.42 Å². The predicted octanol–water partition coefficient (Wildman–Crippen LogP) is 2.37. The van der Waals surface area contributed by atoms with Gasteiger partial charge in [0, 0.05) is 23.6 Å². The summed E-state index contributed by atoms with van der Waals surface area (Å²) in [4.78, 5) is 4.27. The number of benzene rings is 1. The first-order chi connectivity index (χ1) is 8.65. The van der Waals surface area contributed by atoms with Crippen LogP contribution < -0.4 is 4.74 Å². The molecule has 3 nitrogen and oxygen atoms in total. The van der Waals surface area contributed by atoms with E-state index < -0.39 is 0 Å². The molecule has 1 heterocycles. The molecule has 1 unspecified atom stereocenters. The topological polar surface area (TPSA) is 42.4 Å². The number of rotatable bonds is 4. The van der Waals surface area contributed by atoms with Crippen LogP contribution in [0.3, 0.4) is 0 Å². The number of pyridine rings is 1. The summed E-state index contributed by atoms with van der Waals surface area (Å²) in [5.41, 5.74) is 1.04. The molecular formula is C14H15FNO2. The van der Waals surface area contributed by atoms with Crippen LogP contribution in [0.2, 0.25) is 0 Å². The van der Waals surface area contributed by atoms with Crippen molar-refractivity contribution in [1.82, 2.24) is 4.98 Å². The largest absolute Gasteiger partial charge is 0.481 e. The van der Waals surface area contributed by atoms with Crippen molar-refractivity contribution in [2.45, 2.75) is 6.42 Å². The molecule has 0 saturated carbocycles. The highest BCUT2D eigenvalue weighted by atomic mass is 19.1. The van der Waals surface area contributed by atoms with Gasteiger partial charge in [-0.05, 0) is 37.5 Å². The number of halogens is 1. The summed E-state index contributed by atoms with van der Waals surface area (Å²) in [6.07, 6.45) is 0.347. The summed E-state index contributed by atoms with van der Waals surface area (Å²) in [5.74, 6) is -0.137. The van der Waals surface area contributed by atoms with Crippen LogP contribution in [-0.4, -0.2) is 23.8 Å². The van der Waals surface area contributed by atoms with E-state index in [1.54, 1.807) is 12.1 Å². The minimum atomic E-state index is -0.328. The second-order valence-corrected chi connectivity index (χ2v) is 4.20. The lowest BCUT2D eigenvalue weighted by atomic mass is 9.98. The average molecular weight is 248 g/mol. The number of ether oxygens (including phenoxy) is 1. The second kappa shape index (κ2) is 5.31. The van der Waals surface area contributed by atoms with Crippen LogP contribution in [0, 0.1) is 18.7 Å². The van der Waals surface area contributed by atoms with Crippen molar-refractivity contribution in [1.29, 1.82) is 0 Å². The van der Waals surface area contributed by atoms with Crippen molar-refractivity contribution in [2.24, 2.45) is 5.92 Å². The van der Waals surface area contributed by atoms with Crippen LogP contribution in [0.25, 0.3) is 10.9 Å². The number of methoxy groups -OCH3 is 1. The van der Waals surface area contributed by atoms with Gasteiger partial charge in [-0.1, -0.05) is 0 Å². The quantitative estimate of drug-likeness (QED) is 0.903. The number of aliphatic hydroxyl groups is 1. The van der Waals surface area contributed by atoms with E-state index in [-0.39, 0.29) is 18.3 Å². The standard InChI is InChI=1S/C14H15FNO2/c1-9(8-17)7-11-12(15)5-3-10-4-6-13(18-2)16-14(10)11/h3-6,9,17H,1,7-8H2,2H3. The van der Waals surface area contributed by atoms with Gasteiger partial charge in [0.1, 0.15) is 5.82 Å². The van der Waals surface area contributed by atoms with E-state index in [0.29, 0.717) is 23.4 Å². The third-order valence-corrected chi connectivity index (χ3v) is 2.84. The minimum absolute atomic E-state index is 0.0835.